The molecule has 77 heavy (non-hydrogen) atoms. The van der Waals surface area contributed by atoms with Gasteiger partial charge in [0.25, 0.3) is 0 Å². The highest BCUT2D eigenvalue weighted by atomic mass is 32.1. The van der Waals surface area contributed by atoms with Gasteiger partial charge in [-0.1, -0.05) is 19.9 Å². The maximum Gasteiger partial charge on any atom is 0.407 e. The number of carbonyl (C=O) groups excluding carboxylic acids is 6. The number of anilines is 1. The van der Waals surface area contributed by atoms with Crippen molar-refractivity contribution in [2.45, 2.75) is 130 Å². The molecule has 4 rings (SSSR count). The van der Waals surface area contributed by atoms with Crippen LogP contribution < -0.4 is 59.0 Å². The Kier molecular flexibility index (Phi) is 24.5. The van der Waals surface area contributed by atoms with E-state index in [9.17, 15) is 48.6 Å². The van der Waals surface area contributed by atoms with E-state index in [1.165, 1.54) is 50.2 Å². The van der Waals surface area contributed by atoms with Crippen molar-refractivity contribution in [3.8, 4) is 28.2 Å². The molecule has 0 aromatic heterocycles. The van der Waals surface area contributed by atoms with Crippen molar-refractivity contribution in [1.29, 1.82) is 0 Å². The minimum atomic E-state index is -1.28. The molecule has 4 atom stereocenters. The Hall–Kier alpha value is -7.37. The largest absolute Gasteiger partial charge is 0.508 e. The molecule has 6 amide bonds. The second kappa shape index (κ2) is 30.4. The summed E-state index contributed by atoms with van der Waals surface area (Å²) in [6, 6.07) is 8.72. The fourth-order valence-electron chi connectivity index (χ4n) is 7.98. The highest BCUT2D eigenvalue weighted by Gasteiger charge is 2.31. The van der Waals surface area contributed by atoms with Crippen LogP contribution in [0.2, 0.25) is 0 Å². The zero-order chi connectivity index (χ0) is 56.8. The van der Waals surface area contributed by atoms with E-state index < -0.39 is 65.5 Å². The van der Waals surface area contributed by atoms with Crippen molar-refractivity contribution in [1.82, 2.24) is 42.5 Å². The van der Waals surface area contributed by atoms with Crippen LogP contribution in [0, 0.1) is 5.92 Å². The zero-order valence-corrected chi connectivity index (χ0v) is 45.8. The summed E-state index contributed by atoms with van der Waals surface area (Å²) in [6.45, 7) is 14.7. The predicted octanol–water partition coefficient (Wildman–Crippen LogP) is 4.20. The fraction of sp³-hybridized carbons (Fsp3) is 0.500. The lowest BCUT2D eigenvalue weighted by molar-refractivity contribution is -0.134. The first kappa shape index (κ1) is 62.2. The van der Waals surface area contributed by atoms with E-state index in [0.29, 0.717) is 61.8 Å². The van der Waals surface area contributed by atoms with Crippen LogP contribution in [0.1, 0.15) is 110 Å². The second-order valence-electron chi connectivity index (χ2n) is 20.1. The van der Waals surface area contributed by atoms with E-state index >= 15 is 0 Å². The maximum absolute atomic E-state index is 14.1. The third-order valence-corrected chi connectivity index (χ3v) is 12.0. The standard InChI is InChI=1S/C54H76N10O12S/c1-31(2)27-42(50(71)60-32(3)47(68)58-25-12-24-57-45(67)20-26-56-22-11-9-21-55)64-49(70)41(13-8-10-23-59-53(74)76-54(5,6)7)63-48(69)33(4)61-52(77)62-34-14-17-37(40(28-34)51(72)73)46-38-18-15-35(65)29-43(38)75-44-30-36(66)16-19-39(44)46/h14-19,28-33,41-42,56,65H,8-13,20-27,55H2,1-7H3,(H,57,67)(H,58,68)(H,59,74)(H,60,71)(H,63,69)(H,64,70)(H,72,73)(H2,61,62,77)/t32-,33-,41-,42-/m0/s1. The molecule has 22 nitrogen and oxygen atoms in total. The van der Waals surface area contributed by atoms with Crippen molar-refractivity contribution < 1.29 is 52.9 Å². The van der Waals surface area contributed by atoms with Gasteiger partial charge in [0.05, 0.1) is 5.56 Å². The monoisotopic (exact) mass is 1090 g/mol. The number of thiocarbonyl (C=S) groups is 1. The lowest BCUT2D eigenvalue weighted by Crippen LogP contribution is -2.58. The van der Waals surface area contributed by atoms with Gasteiger partial charge in [0.1, 0.15) is 46.9 Å². The van der Waals surface area contributed by atoms with E-state index in [1.807, 2.05) is 13.8 Å². The van der Waals surface area contributed by atoms with Crippen molar-refractivity contribution in [3.63, 3.8) is 0 Å². The van der Waals surface area contributed by atoms with Gasteiger partial charge in [-0.05, 0) is 153 Å². The number of hydrogen-bond donors (Lipinski definition) is 12. The number of carboxylic acid groups (broad SMARTS) is 1. The summed E-state index contributed by atoms with van der Waals surface area (Å²) in [4.78, 5) is 104. The van der Waals surface area contributed by atoms with E-state index in [0.717, 1.165) is 19.4 Å². The molecule has 0 unspecified atom stereocenters. The Morgan fingerprint density at radius 1 is 0.701 bits per heavy atom. The number of aromatic hydroxyl groups is 1. The number of aromatic carboxylic acids is 1. The van der Waals surface area contributed by atoms with Gasteiger partial charge in [0.15, 0.2) is 10.5 Å². The summed E-state index contributed by atoms with van der Waals surface area (Å²) in [6.07, 6.45) is 3.05. The molecular weight excluding hydrogens is 1010 g/mol. The number of benzene rings is 3. The Morgan fingerprint density at radius 2 is 1.36 bits per heavy atom. The van der Waals surface area contributed by atoms with Gasteiger partial charge in [-0.25, -0.2) is 9.59 Å². The lowest BCUT2D eigenvalue weighted by atomic mass is 9.90. The molecule has 1 aliphatic carbocycles. The zero-order valence-electron chi connectivity index (χ0n) is 44.9. The summed E-state index contributed by atoms with van der Waals surface area (Å²) in [7, 11) is 0. The number of phenols is 1. The minimum absolute atomic E-state index is 0.0639. The third kappa shape index (κ3) is 20.9. The summed E-state index contributed by atoms with van der Waals surface area (Å²) < 4.78 is 11.2. The molecule has 2 aromatic carbocycles. The molecule has 0 saturated heterocycles. The van der Waals surface area contributed by atoms with Crippen LogP contribution in [0.25, 0.3) is 33.4 Å². The van der Waals surface area contributed by atoms with E-state index in [2.05, 4.69) is 47.9 Å². The number of fused-ring (bicyclic) bond motifs is 2. The molecule has 0 saturated carbocycles. The summed E-state index contributed by atoms with van der Waals surface area (Å²) in [5.74, 6) is -3.79. The molecule has 420 valence electrons. The smallest absolute Gasteiger partial charge is 0.407 e. The van der Waals surface area contributed by atoms with Crippen LogP contribution in [-0.4, -0.2) is 126 Å². The van der Waals surface area contributed by atoms with Gasteiger partial charge in [-0.3, -0.25) is 28.8 Å². The molecule has 23 heteroatoms. The summed E-state index contributed by atoms with van der Waals surface area (Å²) in [5, 5.41) is 46.5. The molecule has 13 N–H and O–H groups in total. The summed E-state index contributed by atoms with van der Waals surface area (Å²) in [5.41, 5.74) is 5.98. The first-order valence-electron chi connectivity index (χ1n) is 25.9. The van der Waals surface area contributed by atoms with Crippen molar-refractivity contribution in [3.05, 3.63) is 70.4 Å². The van der Waals surface area contributed by atoms with Gasteiger partial charge in [0.2, 0.25) is 29.5 Å². The average Bonchev–Trinajstić information content (AvgIpc) is 3.34. The van der Waals surface area contributed by atoms with Crippen LogP contribution in [0.5, 0.6) is 5.75 Å². The Balaban J connectivity index is 1.41. The summed E-state index contributed by atoms with van der Waals surface area (Å²) >= 11 is 5.55. The predicted molar refractivity (Wildman–Crippen MR) is 297 cm³/mol. The first-order valence-corrected chi connectivity index (χ1v) is 26.3. The van der Waals surface area contributed by atoms with Crippen molar-refractivity contribution >= 4 is 75.6 Å². The molecule has 0 fully saturated rings. The van der Waals surface area contributed by atoms with Crippen molar-refractivity contribution in [2.24, 2.45) is 11.7 Å². The van der Waals surface area contributed by atoms with Crippen LogP contribution >= 0.6 is 12.2 Å². The molecule has 2 aliphatic rings. The third-order valence-electron chi connectivity index (χ3n) is 11.8. The number of phenolic OH excluding ortho intramolecular Hbond substituents is 1. The minimum Gasteiger partial charge on any atom is -0.508 e. The number of rotatable bonds is 29. The topological polar surface area (TPSA) is 334 Å². The Morgan fingerprint density at radius 3 is 2.06 bits per heavy atom. The SMILES string of the molecule is CC(C)C[C@H](NC(=O)[C@H](CCCCNC(=O)OC(C)(C)C)NC(=O)[C@H](C)NC(=S)Nc1ccc(-c2c3ccc(=O)cc-3oc3cc(O)ccc23)c(C(=O)O)c1)C(=O)N[C@@H](C)C(=O)NCCCNC(=O)CCNCCCCN. The average molecular weight is 1090 g/mol. The van der Waals surface area contributed by atoms with Crippen LogP contribution in [0.15, 0.2) is 63.8 Å². The number of amides is 6. The second-order valence-corrected chi connectivity index (χ2v) is 20.5. The number of alkyl carbamates (subject to hydrolysis) is 1. The number of nitrogens with one attached hydrogen (secondary N) is 9. The quantitative estimate of drug-likeness (QED) is 0.0206. The number of unbranched alkanes of at least 4 members (excludes halogenated alkanes) is 2. The van der Waals surface area contributed by atoms with Gasteiger partial charge in [-0.15, -0.1) is 0 Å². The molecular formula is C54H76N10O12S. The number of carbonyl (C=O) groups is 7. The number of nitrogens with two attached hydrogens (primary N) is 1. The lowest BCUT2D eigenvalue weighted by Gasteiger charge is -2.26. The Labute approximate surface area is 453 Å². The Bertz CT molecular complexity index is 2730. The van der Waals surface area contributed by atoms with Crippen LogP contribution in [0.3, 0.4) is 0 Å². The normalized spacial score (nSPS) is 12.9. The van der Waals surface area contributed by atoms with Crippen LogP contribution in [-0.2, 0) is 28.7 Å². The molecule has 0 spiro atoms. The number of ether oxygens (including phenoxy) is 1. The highest BCUT2D eigenvalue weighted by Crippen LogP contribution is 2.42. The number of carboxylic acids is 1. The van der Waals surface area contributed by atoms with Gasteiger partial charge in [-0.2, -0.15) is 0 Å². The van der Waals surface area contributed by atoms with Crippen molar-refractivity contribution in [2.75, 3.05) is 44.6 Å². The molecule has 2 aromatic rings. The van der Waals surface area contributed by atoms with Crippen LogP contribution in [0.4, 0.5) is 10.5 Å². The highest BCUT2D eigenvalue weighted by molar-refractivity contribution is 7.80. The van der Waals surface area contributed by atoms with E-state index in [-0.39, 0.29) is 82.2 Å². The van der Waals surface area contributed by atoms with Gasteiger partial charge in [0, 0.05) is 66.9 Å². The fourth-order valence-corrected chi connectivity index (χ4v) is 8.28. The number of hydrogen-bond acceptors (Lipinski definition) is 14. The molecule has 1 aliphatic heterocycles. The molecule has 0 bridgehead atoms. The van der Waals surface area contributed by atoms with Gasteiger partial charge >= 0.3 is 12.1 Å². The van der Waals surface area contributed by atoms with E-state index in [4.69, 9.17) is 27.1 Å². The molecule has 1 heterocycles. The molecule has 0 radical (unpaired) electrons. The first-order chi connectivity index (χ1) is 36.5. The van der Waals surface area contributed by atoms with E-state index in [1.54, 1.807) is 39.0 Å². The maximum atomic E-state index is 14.1. The van der Waals surface area contributed by atoms with Gasteiger partial charge < -0.3 is 73.0 Å².